The van der Waals surface area contributed by atoms with Crippen molar-refractivity contribution in [2.75, 3.05) is 13.7 Å². The second-order valence-corrected chi connectivity index (χ2v) is 5.13. The molecule has 21 heavy (non-hydrogen) atoms. The summed E-state index contributed by atoms with van der Waals surface area (Å²) in [5.74, 6) is -0.344. The van der Waals surface area contributed by atoms with E-state index in [2.05, 4.69) is 10.3 Å². The minimum atomic E-state index is -0.286. The third-order valence-corrected chi connectivity index (χ3v) is 3.67. The van der Waals surface area contributed by atoms with Crippen LogP contribution in [0.5, 0.6) is 0 Å². The number of nitrogens with zero attached hydrogens (tertiary/aromatic N) is 4. The minimum Gasteiger partial charge on any atom is -0.469 e. The van der Waals surface area contributed by atoms with E-state index in [-0.39, 0.29) is 30.9 Å². The van der Waals surface area contributed by atoms with E-state index >= 15 is 0 Å². The molecule has 1 aromatic heterocycles. The molecule has 1 saturated heterocycles. The number of methoxy groups -OCH3 is 1. The van der Waals surface area contributed by atoms with Gasteiger partial charge in [-0.2, -0.15) is 0 Å². The molecule has 1 aromatic rings. The van der Waals surface area contributed by atoms with Crippen molar-refractivity contribution in [1.29, 1.82) is 0 Å². The molecule has 0 aromatic carbocycles. The minimum absolute atomic E-state index is 0.0583. The Morgan fingerprint density at radius 3 is 2.95 bits per heavy atom. The summed E-state index contributed by atoms with van der Waals surface area (Å²) in [6, 6.07) is -0.0869. The smallest absolute Gasteiger partial charge is 0.307 e. The van der Waals surface area contributed by atoms with Gasteiger partial charge in [0.1, 0.15) is 6.54 Å². The highest BCUT2D eigenvalue weighted by Gasteiger charge is 2.28. The van der Waals surface area contributed by atoms with Gasteiger partial charge >= 0.3 is 5.97 Å². The highest BCUT2D eigenvalue weighted by atomic mass is 16.5. The van der Waals surface area contributed by atoms with E-state index in [0.29, 0.717) is 18.8 Å². The summed E-state index contributed by atoms with van der Waals surface area (Å²) in [6.07, 6.45) is 4.71. The van der Waals surface area contributed by atoms with Gasteiger partial charge < -0.3 is 15.4 Å². The molecule has 116 valence electrons. The SMILES string of the molecule is COC(=O)CC1CCCCN1C(=O)Cn1cc(CN)nn1. The van der Waals surface area contributed by atoms with E-state index < -0.39 is 0 Å². The topological polar surface area (TPSA) is 103 Å². The predicted octanol–water partition coefficient (Wildman–Crippen LogP) is -0.319. The Balaban J connectivity index is 1.99. The fourth-order valence-corrected chi connectivity index (χ4v) is 2.56. The largest absolute Gasteiger partial charge is 0.469 e. The molecule has 0 radical (unpaired) electrons. The van der Waals surface area contributed by atoms with Crippen molar-refractivity contribution in [3.8, 4) is 0 Å². The van der Waals surface area contributed by atoms with Crippen LogP contribution in [0.25, 0.3) is 0 Å². The van der Waals surface area contributed by atoms with Gasteiger partial charge in [-0.25, -0.2) is 4.68 Å². The molecule has 2 heterocycles. The quantitative estimate of drug-likeness (QED) is 0.747. The van der Waals surface area contributed by atoms with Crippen LogP contribution in [0.3, 0.4) is 0 Å². The van der Waals surface area contributed by atoms with Crippen LogP contribution < -0.4 is 5.73 Å². The maximum atomic E-state index is 12.4. The number of esters is 1. The van der Waals surface area contributed by atoms with Crippen molar-refractivity contribution in [2.45, 2.75) is 44.8 Å². The summed E-state index contributed by atoms with van der Waals surface area (Å²) in [5, 5.41) is 7.73. The fourth-order valence-electron chi connectivity index (χ4n) is 2.56. The zero-order valence-corrected chi connectivity index (χ0v) is 12.2. The third-order valence-electron chi connectivity index (χ3n) is 3.67. The number of aromatic nitrogens is 3. The fraction of sp³-hybridized carbons (Fsp3) is 0.692. The zero-order chi connectivity index (χ0) is 15.2. The van der Waals surface area contributed by atoms with Gasteiger partial charge in [0.2, 0.25) is 5.91 Å². The van der Waals surface area contributed by atoms with Crippen molar-refractivity contribution in [1.82, 2.24) is 19.9 Å². The van der Waals surface area contributed by atoms with E-state index in [9.17, 15) is 9.59 Å². The molecule has 8 nitrogen and oxygen atoms in total. The number of piperidine rings is 1. The van der Waals surface area contributed by atoms with Gasteiger partial charge in [-0.05, 0) is 19.3 Å². The number of nitrogens with two attached hydrogens (primary N) is 1. The van der Waals surface area contributed by atoms with Crippen molar-refractivity contribution < 1.29 is 14.3 Å². The Morgan fingerprint density at radius 2 is 2.29 bits per heavy atom. The van der Waals surface area contributed by atoms with Gasteiger partial charge in [0.05, 0.1) is 25.4 Å². The van der Waals surface area contributed by atoms with Crippen molar-refractivity contribution >= 4 is 11.9 Å². The van der Waals surface area contributed by atoms with Gasteiger partial charge in [0.25, 0.3) is 0 Å². The van der Waals surface area contributed by atoms with Gasteiger partial charge in [-0.15, -0.1) is 5.10 Å². The number of likely N-dealkylation sites (tertiary alicyclic amines) is 1. The Hall–Kier alpha value is -1.96. The van der Waals surface area contributed by atoms with E-state index in [0.717, 1.165) is 19.3 Å². The summed E-state index contributed by atoms with van der Waals surface area (Å²) >= 11 is 0. The van der Waals surface area contributed by atoms with Gasteiger partial charge in [0.15, 0.2) is 0 Å². The molecular weight excluding hydrogens is 274 g/mol. The summed E-state index contributed by atoms with van der Waals surface area (Å²) in [6.45, 7) is 1.08. The standard InChI is InChI=1S/C13H21N5O3/c1-21-13(20)6-11-4-2-3-5-18(11)12(19)9-17-8-10(7-14)15-16-17/h8,11H,2-7,9,14H2,1H3. The molecule has 2 N–H and O–H groups in total. The molecule has 1 unspecified atom stereocenters. The number of carbonyl (C=O) groups excluding carboxylic acids is 2. The van der Waals surface area contributed by atoms with Crippen LogP contribution in [0.15, 0.2) is 6.20 Å². The molecular formula is C13H21N5O3. The van der Waals surface area contributed by atoms with Crippen molar-refractivity contribution in [3.63, 3.8) is 0 Å². The van der Waals surface area contributed by atoms with Gasteiger partial charge in [0, 0.05) is 19.1 Å². The first-order valence-corrected chi connectivity index (χ1v) is 7.09. The van der Waals surface area contributed by atoms with Crippen LogP contribution in [0, 0.1) is 0 Å². The lowest BCUT2D eigenvalue weighted by Gasteiger charge is -2.35. The molecule has 2 rings (SSSR count). The lowest BCUT2D eigenvalue weighted by atomic mass is 9.99. The van der Waals surface area contributed by atoms with Crippen LogP contribution in [-0.2, 0) is 27.4 Å². The van der Waals surface area contributed by atoms with Crippen molar-refractivity contribution in [2.24, 2.45) is 5.73 Å². The van der Waals surface area contributed by atoms with E-state index in [1.165, 1.54) is 11.8 Å². The van der Waals surface area contributed by atoms with E-state index in [1.54, 1.807) is 11.1 Å². The predicted molar refractivity (Wildman–Crippen MR) is 73.9 cm³/mol. The first kappa shape index (κ1) is 15.4. The molecule has 0 bridgehead atoms. The van der Waals surface area contributed by atoms with Crippen LogP contribution in [0.2, 0.25) is 0 Å². The summed E-state index contributed by atoms with van der Waals surface area (Å²) < 4.78 is 6.18. The summed E-state index contributed by atoms with van der Waals surface area (Å²) in [4.78, 5) is 25.6. The number of carbonyl (C=O) groups is 2. The molecule has 1 aliphatic rings. The number of ether oxygens (including phenoxy) is 1. The number of hydrogen-bond donors (Lipinski definition) is 1. The summed E-state index contributed by atoms with van der Waals surface area (Å²) in [7, 11) is 1.36. The Kier molecular flexibility index (Phi) is 5.26. The first-order chi connectivity index (χ1) is 10.1. The van der Waals surface area contributed by atoms with Crippen LogP contribution in [0.1, 0.15) is 31.4 Å². The molecule has 1 atom stereocenters. The second kappa shape index (κ2) is 7.16. The van der Waals surface area contributed by atoms with Crippen LogP contribution >= 0.6 is 0 Å². The first-order valence-electron chi connectivity index (χ1n) is 7.09. The monoisotopic (exact) mass is 295 g/mol. The lowest BCUT2D eigenvalue weighted by Crippen LogP contribution is -2.46. The molecule has 1 amide bonds. The van der Waals surface area contributed by atoms with E-state index in [4.69, 9.17) is 10.5 Å². The van der Waals surface area contributed by atoms with Crippen LogP contribution in [-0.4, -0.2) is 51.5 Å². The molecule has 8 heteroatoms. The second-order valence-electron chi connectivity index (χ2n) is 5.13. The van der Waals surface area contributed by atoms with Gasteiger partial charge in [-0.3, -0.25) is 9.59 Å². The molecule has 0 spiro atoms. The number of amides is 1. The molecule has 1 fully saturated rings. The molecule has 1 aliphatic heterocycles. The maximum Gasteiger partial charge on any atom is 0.307 e. The van der Waals surface area contributed by atoms with Crippen molar-refractivity contribution in [3.05, 3.63) is 11.9 Å². The highest BCUT2D eigenvalue weighted by Crippen LogP contribution is 2.20. The zero-order valence-electron chi connectivity index (χ0n) is 12.2. The van der Waals surface area contributed by atoms with Gasteiger partial charge in [-0.1, -0.05) is 5.21 Å². The lowest BCUT2D eigenvalue weighted by molar-refractivity contribution is -0.144. The maximum absolute atomic E-state index is 12.4. The third kappa shape index (κ3) is 4.01. The average molecular weight is 295 g/mol. The number of hydrogen-bond acceptors (Lipinski definition) is 6. The van der Waals surface area contributed by atoms with E-state index in [1.807, 2.05) is 0 Å². The molecule has 0 saturated carbocycles. The number of rotatable bonds is 5. The normalized spacial score (nSPS) is 18.6. The Labute approximate surface area is 123 Å². The molecule has 0 aliphatic carbocycles. The van der Waals surface area contributed by atoms with Crippen LogP contribution in [0.4, 0.5) is 0 Å². The Bertz CT molecular complexity index is 502. The highest BCUT2D eigenvalue weighted by molar-refractivity contribution is 5.77. The summed E-state index contributed by atoms with van der Waals surface area (Å²) in [5.41, 5.74) is 6.11. The average Bonchev–Trinajstić information content (AvgIpc) is 2.95. The Morgan fingerprint density at radius 1 is 1.48 bits per heavy atom.